The summed E-state index contributed by atoms with van der Waals surface area (Å²) in [6, 6.07) is 5.02. The Morgan fingerprint density at radius 2 is 1.95 bits per heavy atom. The van der Waals surface area contributed by atoms with Crippen molar-refractivity contribution in [2.45, 2.75) is 84.1 Å². The number of hydrogen-bond donors (Lipinski definition) is 2. The maximum Gasteiger partial charge on any atom is 0.246 e. The molecule has 0 unspecified atom stereocenters. The van der Waals surface area contributed by atoms with Gasteiger partial charge in [-0.1, -0.05) is 44.9 Å². The summed E-state index contributed by atoms with van der Waals surface area (Å²) in [4.78, 5) is 43.4. The second kappa shape index (κ2) is 11.0. The molecule has 3 heterocycles. The van der Waals surface area contributed by atoms with Crippen LogP contribution >= 0.6 is 0 Å². The number of ether oxygens (including phenoxy) is 2. The maximum absolute atomic E-state index is 14.0. The fourth-order valence-corrected chi connectivity index (χ4v) is 7.08. The van der Waals surface area contributed by atoms with Crippen molar-refractivity contribution in [1.82, 2.24) is 10.2 Å². The van der Waals surface area contributed by atoms with Crippen LogP contribution in [0.1, 0.15) is 57.6 Å². The number of aryl methyl sites for hydroxylation is 2. The van der Waals surface area contributed by atoms with Gasteiger partial charge in [-0.2, -0.15) is 0 Å². The van der Waals surface area contributed by atoms with E-state index in [0.29, 0.717) is 43.7 Å². The zero-order valence-electron chi connectivity index (χ0n) is 23.9. The van der Waals surface area contributed by atoms with Crippen LogP contribution in [0.25, 0.3) is 0 Å². The van der Waals surface area contributed by atoms with Crippen LogP contribution in [0.15, 0.2) is 30.4 Å². The highest BCUT2D eigenvalue weighted by Crippen LogP contribution is 2.55. The Bertz CT molecular complexity index is 1150. The lowest BCUT2D eigenvalue weighted by atomic mass is 9.73. The Kier molecular flexibility index (Phi) is 7.89. The molecule has 212 valence electrons. The molecule has 3 aliphatic heterocycles. The Morgan fingerprint density at radius 3 is 2.69 bits per heavy atom. The molecule has 0 aromatic heterocycles. The van der Waals surface area contributed by atoms with Crippen LogP contribution in [0.5, 0.6) is 0 Å². The van der Waals surface area contributed by atoms with Crippen molar-refractivity contribution in [2.24, 2.45) is 23.7 Å². The maximum atomic E-state index is 14.0. The third-order valence-corrected chi connectivity index (χ3v) is 9.63. The molecule has 5 rings (SSSR count). The first-order chi connectivity index (χ1) is 18.7. The quantitative estimate of drug-likeness (QED) is 0.369. The number of carbonyl (C=O) groups excluding carboxylic acids is 3. The lowest BCUT2D eigenvalue weighted by molar-refractivity contribution is -0.141. The molecule has 1 aliphatic carbocycles. The summed E-state index contributed by atoms with van der Waals surface area (Å²) in [7, 11) is 0. The Morgan fingerprint density at radius 1 is 1.15 bits per heavy atom. The van der Waals surface area contributed by atoms with Crippen molar-refractivity contribution in [3.05, 3.63) is 41.5 Å². The summed E-state index contributed by atoms with van der Waals surface area (Å²) in [6.45, 7) is 11.9. The van der Waals surface area contributed by atoms with Crippen LogP contribution in [0.3, 0.4) is 0 Å². The summed E-state index contributed by atoms with van der Waals surface area (Å²) < 4.78 is 12.0. The van der Waals surface area contributed by atoms with Crippen LogP contribution in [0.2, 0.25) is 0 Å². The predicted molar refractivity (Wildman–Crippen MR) is 149 cm³/mol. The van der Waals surface area contributed by atoms with E-state index in [1.165, 1.54) is 0 Å². The molecule has 3 fully saturated rings. The van der Waals surface area contributed by atoms with Gasteiger partial charge in [0.2, 0.25) is 17.7 Å². The van der Waals surface area contributed by atoms with Crippen LogP contribution in [0.4, 0.5) is 5.69 Å². The molecule has 39 heavy (non-hydrogen) atoms. The van der Waals surface area contributed by atoms with Crippen molar-refractivity contribution >= 4 is 23.4 Å². The van der Waals surface area contributed by atoms with E-state index in [0.717, 1.165) is 30.4 Å². The van der Waals surface area contributed by atoms with Crippen LogP contribution in [-0.4, -0.2) is 66.2 Å². The smallest absolute Gasteiger partial charge is 0.246 e. The molecule has 4 aliphatic rings. The van der Waals surface area contributed by atoms with E-state index in [2.05, 4.69) is 24.5 Å². The molecule has 1 aromatic rings. The van der Waals surface area contributed by atoms with Gasteiger partial charge in [0.25, 0.3) is 0 Å². The summed E-state index contributed by atoms with van der Waals surface area (Å²) in [5, 5.41) is 6.32. The van der Waals surface area contributed by atoms with Gasteiger partial charge in [0.15, 0.2) is 0 Å². The Labute approximate surface area is 231 Å². The topological polar surface area (TPSA) is 97.0 Å². The number of rotatable bonds is 9. The number of anilines is 1. The van der Waals surface area contributed by atoms with Crippen LogP contribution in [0, 0.1) is 37.5 Å². The van der Waals surface area contributed by atoms with Gasteiger partial charge >= 0.3 is 0 Å². The second-order valence-corrected chi connectivity index (χ2v) is 12.0. The van der Waals surface area contributed by atoms with E-state index < -0.39 is 29.6 Å². The standard InChI is InChI=1S/C31H43N3O5/c1-6-38-16-8-15-34-27(29(36)33-23-10-7-9-19(3)21(23)5)31-14-13-24(39-31)25(26(31)30(34)37)28(35)32-22-12-11-18(2)20(4)17-22/h11-14,17,19,21,23-27H,6-10,15-16H2,1-5H3,(H,32,35)(H,33,36)/t19-,21+,23-,24+,25-,26+,27+,31+/m1/s1. The number of likely N-dealkylation sites (tertiary alicyclic amines) is 1. The van der Waals surface area contributed by atoms with Crippen molar-refractivity contribution in [2.75, 3.05) is 25.1 Å². The Hall–Kier alpha value is -2.71. The summed E-state index contributed by atoms with van der Waals surface area (Å²) >= 11 is 0. The van der Waals surface area contributed by atoms with Crippen molar-refractivity contribution in [3.63, 3.8) is 0 Å². The van der Waals surface area contributed by atoms with E-state index in [1.807, 2.05) is 51.1 Å². The minimum atomic E-state index is -1.15. The number of fused-ring (bicyclic) bond motifs is 1. The van der Waals surface area contributed by atoms with Crippen LogP contribution in [-0.2, 0) is 23.9 Å². The fraction of sp³-hybridized carbons (Fsp3) is 0.645. The molecule has 2 bridgehead atoms. The highest BCUT2D eigenvalue weighted by Gasteiger charge is 2.72. The summed E-state index contributed by atoms with van der Waals surface area (Å²) in [6.07, 6.45) is 6.97. The van der Waals surface area contributed by atoms with E-state index in [1.54, 1.807) is 4.90 Å². The van der Waals surface area contributed by atoms with Gasteiger partial charge in [0.05, 0.1) is 17.9 Å². The van der Waals surface area contributed by atoms with E-state index in [9.17, 15) is 14.4 Å². The number of carbonyl (C=O) groups is 3. The fourth-order valence-electron chi connectivity index (χ4n) is 7.08. The number of benzene rings is 1. The predicted octanol–water partition coefficient (Wildman–Crippen LogP) is 3.76. The highest BCUT2D eigenvalue weighted by atomic mass is 16.5. The summed E-state index contributed by atoms with van der Waals surface area (Å²) in [5.41, 5.74) is 1.76. The number of hydrogen-bond acceptors (Lipinski definition) is 5. The van der Waals surface area contributed by atoms with Gasteiger partial charge in [-0.05, 0) is 68.7 Å². The molecular weight excluding hydrogens is 494 g/mol. The molecule has 1 saturated carbocycles. The monoisotopic (exact) mass is 537 g/mol. The zero-order valence-corrected chi connectivity index (χ0v) is 23.9. The minimum Gasteiger partial charge on any atom is -0.382 e. The third-order valence-electron chi connectivity index (χ3n) is 9.63. The van der Waals surface area contributed by atoms with Crippen LogP contribution < -0.4 is 10.6 Å². The first kappa shape index (κ1) is 27.8. The molecule has 8 heteroatoms. The Balaban J connectivity index is 1.41. The highest BCUT2D eigenvalue weighted by molar-refractivity contribution is 6.02. The average Bonchev–Trinajstić information content (AvgIpc) is 3.54. The first-order valence-electron chi connectivity index (χ1n) is 14.6. The SMILES string of the molecule is CCOCCCN1C(=O)[C@@H]2[C@H](C(=O)Nc3ccc(C)c(C)c3)[C@@H]3C=C[C@@]2(O3)[C@@H]1C(=O)N[C@@H]1CCC[C@@H](C)[C@@H]1C. The number of nitrogens with one attached hydrogen (secondary N) is 2. The molecule has 0 radical (unpaired) electrons. The van der Waals surface area contributed by atoms with Gasteiger partial charge in [-0.3, -0.25) is 14.4 Å². The first-order valence-corrected chi connectivity index (χ1v) is 14.6. The second-order valence-electron chi connectivity index (χ2n) is 12.0. The van der Waals surface area contributed by atoms with Crippen molar-refractivity contribution in [1.29, 1.82) is 0 Å². The molecule has 8 nitrogen and oxygen atoms in total. The molecular formula is C31H43N3O5. The molecule has 2 saturated heterocycles. The zero-order chi connectivity index (χ0) is 27.9. The number of nitrogens with zero attached hydrogens (tertiary/aromatic N) is 1. The van der Waals surface area contributed by atoms with Gasteiger partial charge in [-0.25, -0.2) is 0 Å². The lowest BCUT2D eigenvalue weighted by Gasteiger charge is -2.38. The molecule has 3 amide bonds. The molecule has 2 N–H and O–H groups in total. The third kappa shape index (κ3) is 4.91. The van der Waals surface area contributed by atoms with Gasteiger partial charge in [0, 0.05) is 31.5 Å². The van der Waals surface area contributed by atoms with Gasteiger partial charge in [-0.15, -0.1) is 0 Å². The molecule has 1 aromatic carbocycles. The minimum absolute atomic E-state index is 0.0588. The summed E-state index contributed by atoms with van der Waals surface area (Å²) in [5.74, 6) is -1.20. The van der Waals surface area contributed by atoms with Crippen molar-refractivity contribution in [3.8, 4) is 0 Å². The largest absolute Gasteiger partial charge is 0.382 e. The van der Waals surface area contributed by atoms with Gasteiger partial charge in [0.1, 0.15) is 11.6 Å². The molecule has 8 atom stereocenters. The van der Waals surface area contributed by atoms with Gasteiger partial charge < -0.3 is 25.0 Å². The average molecular weight is 538 g/mol. The lowest BCUT2D eigenvalue weighted by Crippen LogP contribution is -2.58. The van der Waals surface area contributed by atoms with E-state index in [-0.39, 0.29) is 23.8 Å². The van der Waals surface area contributed by atoms with E-state index in [4.69, 9.17) is 9.47 Å². The number of amides is 3. The van der Waals surface area contributed by atoms with Crippen molar-refractivity contribution < 1.29 is 23.9 Å². The normalized spacial score (nSPS) is 34.8. The molecule has 1 spiro atoms. The van der Waals surface area contributed by atoms with E-state index >= 15 is 0 Å².